The second-order valence-electron chi connectivity index (χ2n) is 3.43. The summed E-state index contributed by atoms with van der Waals surface area (Å²) >= 11 is 1.67. The molecule has 0 spiro atoms. The number of aromatic nitrogens is 3. The van der Waals surface area contributed by atoms with Crippen LogP contribution < -0.4 is 16.2 Å². The Morgan fingerprint density at radius 2 is 1.67 bits per heavy atom. The lowest BCUT2D eigenvalue weighted by molar-refractivity contribution is 0.295. The van der Waals surface area contributed by atoms with Crippen molar-refractivity contribution in [2.24, 2.45) is 0 Å². The minimum Gasteiger partial charge on any atom is -0.486 e. The van der Waals surface area contributed by atoms with E-state index >= 15 is 0 Å². The highest BCUT2D eigenvalue weighted by Crippen LogP contribution is 2.19. The van der Waals surface area contributed by atoms with Crippen molar-refractivity contribution in [3.8, 4) is 5.75 Å². The average molecular weight is 263 g/mol. The summed E-state index contributed by atoms with van der Waals surface area (Å²) < 4.78 is 5.53. The first-order valence-electron chi connectivity index (χ1n) is 5.20. The fourth-order valence-corrected chi connectivity index (χ4v) is 1.75. The molecule has 2 rings (SSSR count). The monoisotopic (exact) mass is 263 g/mol. The molecular formula is C11H13N5OS. The van der Waals surface area contributed by atoms with Crippen LogP contribution in [0, 0.1) is 0 Å². The maximum atomic E-state index is 5.53. The second-order valence-corrected chi connectivity index (χ2v) is 4.31. The summed E-state index contributed by atoms with van der Waals surface area (Å²) in [7, 11) is 0. The lowest BCUT2D eigenvalue weighted by Crippen LogP contribution is -2.09. The molecule has 0 radical (unpaired) electrons. The Hall–Kier alpha value is -2.02. The Morgan fingerprint density at radius 1 is 1.06 bits per heavy atom. The standard InChI is InChI=1S/C11H13N5OS/c1-18-8-4-2-7(3-5-8)17-6-9-14-10(12)16-11(13)15-9/h2-5H,6H2,1H3,(H4,12,13,14,15,16). The van der Waals surface area contributed by atoms with Gasteiger partial charge in [0.25, 0.3) is 0 Å². The molecule has 1 aromatic carbocycles. The van der Waals surface area contributed by atoms with Crippen LogP contribution in [0.4, 0.5) is 11.9 Å². The van der Waals surface area contributed by atoms with E-state index in [2.05, 4.69) is 15.0 Å². The zero-order chi connectivity index (χ0) is 13.0. The van der Waals surface area contributed by atoms with Crippen LogP contribution in [0.15, 0.2) is 29.2 Å². The van der Waals surface area contributed by atoms with Crippen LogP contribution in [0.2, 0.25) is 0 Å². The van der Waals surface area contributed by atoms with Crippen molar-refractivity contribution in [2.45, 2.75) is 11.5 Å². The molecule has 18 heavy (non-hydrogen) atoms. The molecule has 0 unspecified atom stereocenters. The minimum atomic E-state index is 0.0961. The van der Waals surface area contributed by atoms with E-state index < -0.39 is 0 Å². The minimum absolute atomic E-state index is 0.0961. The SMILES string of the molecule is CSc1ccc(OCc2nc(N)nc(N)n2)cc1. The Kier molecular flexibility index (Phi) is 3.83. The van der Waals surface area contributed by atoms with Gasteiger partial charge in [-0.25, -0.2) is 0 Å². The van der Waals surface area contributed by atoms with E-state index in [1.165, 1.54) is 4.90 Å². The van der Waals surface area contributed by atoms with Gasteiger partial charge >= 0.3 is 0 Å². The van der Waals surface area contributed by atoms with E-state index in [1.54, 1.807) is 11.8 Å². The molecule has 1 heterocycles. The van der Waals surface area contributed by atoms with E-state index in [9.17, 15) is 0 Å². The zero-order valence-corrected chi connectivity index (χ0v) is 10.6. The van der Waals surface area contributed by atoms with Gasteiger partial charge in [0.05, 0.1) is 0 Å². The average Bonchev–Trinajstić information content (AvgIpc) is 2.36. The number of hydrogen-bond acceptors (Lipinski definition) is 7. The second kappa shape index (κ2) is 5.54. The van der Waals surface area contributed by atoms with E-state index in [0.717, 1.165) is 5.75 Å². The van der Waals surface area contributed by atoms with Crippen molar-refractivity contribution in [1.82, 2.24) is 15.0 Å². The molecule has 0 bridgehead atoms. The van der Waals surface area contributed by atoms with Crippen molar-refractivity contribution < 1.29 is 4.74 Å². The Balaban J connectivity index is 2.01. The first-order valence-corrected chi connectivity index (χ1v) is 6.42. The summed E-state index contributed by atoms with van der Waals surface area (Å²) in [5.74, 6) is 1.34. The molecule has 0 fully saturated rings. The van der Waals surface area contributed by atoms with E-state index in [1.807, 2.05) is 30.5 Å². The molecule has 0 aliphatic heterocycles. The normalized spacial score (nSPS) is 10.3. The topological polar surface area (TPSA) is 99.9 Å². The summed E-state index contributed by atoms with van der Waals surface area (Å²) in [5, 5.41) is 0. The first-order chi connectivity index (χ1) is 8.67. The molecule has 0 saturated carbocycles. The summed E-state index contributed by atoms with van der Waals surface area (Å²) in [6, 6.07) is 7.74. The Morgan fingerprint density at radius 3 is 2.22 bits per heavy atom. The maximum Gasteiger partial charge on any atom is 0.225 e. The summed E-state index contributed by atoms with van der Waals surface area (Å²) in [4.78, 5) is 12.7. The van der Waals surface area contributed by atoms with Gasteiger partial charge in [-0.05, 0) is 30.5 Å². The number of rotatable bonds is 4. The molecule has 4 N–H and O–H groups in total. The smallest absolute Gasteiger partial charge is 0.225 e. The van der Waals surface area contributed by atoms with Crippen LogP contribution in [0.3, 0.4) is 0 Å². The van der Waals surface area contributed by atoms with Crippen molar-refractivity contribution in [3.63, 3.8) is 0 Å². The number of nitrogens with two attached hydrogens (primary N) is 2. The van der Waals surface area contributed by atoms with Crippen LogP contribution in [-0.4, -0.2) is 21.2 Å². The highest BCUT2D eigenvalue weighted by Gasteiger charge is 2.03. The van der Waals surface area contributed by atoms with Crippen LogP contribution >= 0.6 is 11.8 Å². The molecule has 1 aromatic heterocycles. The summed E-state index contributed by atoms with van der Waals surface area (Å²) in [5.41, 5.74) is 10.9. The van der Waals surface area contributed by atoms with Gasteiger partial charge in [0.2, 0.25) is 11.9 Å². The molecule has 0 aliphatic carbocycles. The van der Waals surface area contributed by atoms with Crippen molar-refractivity contribution in [2.75, 3.05) is 17.7 Å². The third-order valence-electron chi connectivity index (χ3n) is 2.14. The molecule has 0 aliphatic rings. The fourth-order valence-electron chi connectivity index (χ4n) is 1.34. The number of hydrogen-bond donors (Lipinski definition) is 2. The molecule has 7 heteroatoms. The summed E-state index contributed by atoms with van der Waals surface area (Å²) in [6.45, 7) is 0.204. The first kappa shape index (κ1) is 12.4. The van der Waals surface area contributed by atoms with Crippen molar-refractivity contribution >= 4 is 23.7 Å². The van der Waals surface area contributed by atoms with E-state index in [4.69, 9.17) is 16.2 Å². The lowest BCUT2D eigenvalue weighted by Gasteiger charge is -2.06. The lowest BCUT2D eigenvalue weighted by atomic mass is 10.3. The van der Waals surface area contributed by atoms with Gasteiger partial charge in [-0.15, -0.1) is 11.8 Å². The van der Waals surface area contributed by atoms with Crippen LogP contribution in [0.1, 0.15) is 5.82 Å². The summed E-state index contributed by atoms with van der Waals surface area (Å²) in [6.07, 6.45) is 2.02. The quantitative estimate of drug-likeness (QED) is 0.803. The van der Waals surface area contributed by atoms with Gasteiger partial charge in [-0.3, -0.25) is 0 Å². The predicted molar refractivity (Wildman–Crippen MR) is 71.2 cm³/mol. The number of anilines is 2. The highest BCUT2D eigenvalue weighted by molar-refractivity contribution is 7.98. The fraction of sp³-hybridized carbons (Fsp3) is 0.182. The van der Waals surface area contributed by atoms with Gasteiger partial charge in [0.15, 0.2) is 5.82 Å². The number of benzene rings is 1. The van der Waals surface area contributed by atoms with Gasteiger partial charge in [0, 0.05) is 4.90 Å². The Labute approximate surface area is 109 Å². The highest BCUT2D eigenvalue weighted by atomic mass is 32.2. The third kappa shape index (κ3) is 3.24. The number of nitrogens with zero attached hydrogens (tertiary/aromatic N) is 3. The molecule has 0 saturated heterocycles. The van der Waals surface area contributed by atoms with Gasteiger partial charge in [-0.2, -0.15) is 15.0 Å². The molecule has 0 amide bonds. The van der Waals surface area contributed by atoms with Crippen LogP contribution in [-0.2, 0) is 6.61 Å². The van der Waals surface area contributed by atoms with Gasteiger partial charge < -0.3 is 16.2 Å². The zero-order valence-electron chi connectivity index (χ0n) is 9.83. The van der Waals surface area contributed by atoms with Crippen molar-refractivity contribution in [3.05, 3.63) is 30.1 Å². The van der Waals surface area contributed by atoms with Crippen molar-refractivity contribution in [1.29, 1.82) is 0 Å². The molecule has 2 aromatic rings. The Bertz CT molecular complexity index is 511. The van der Waals surface area contributed by atoms with Crippen LogP contribution in [0.5, 0.6) is 5.75 Å². The number of thioether (sulfide) groups is 1. The third-order valence-corrected chi connectivity index (χ3v) is 2.89. The molecular weight excluding hydrogens is 250 g/mol. The molecule has 6 nitrogen and oxygen atoms in total. The van der Waals surface area contributed by atoms with Crippen LogP contribution in [0.25, 0.3) is 0 Å². The predicted octanol–water partition coefficient (Wildman–Crippen LogP) is 1.34. The van der Waals surface area contributed by atoms with Gasteiger partial charge in [0.1, 0.15) is 12.4 Å². The molecule has 94 valence electrons. The maximum absolute atomic E-state index is 5.53. The number of nitrogen functional groups attached to an aromatic ring is 2. The van der Waals surface area contributed by atoms with E-state index in [-0.39, 0.29) is 18.5 Å². The van der Waals surface area contributed by atoms with E-state index in [0.29, 0.717) is 5.82 Å². The molecule has 0 atom stereocenters. The number of ether oxygens (including phenoxy) is 1. The largest absolute Gasteiger partial charge is 0.486 e. The van der Waals surface area contributed by atoms with Gasteiger partial charge in [-0.1, -0.05) is 0 Å².